The van der Waals surface area contributed by atoms with Crippen molar-refractivity contribution in [1.82, 2.24) is 10.2 Å². The summed E-state index contributed by atoms with van der Waals surface area (Å²) in [6.07, 6.45) is 5.87. The van der Waals surface area contributed by atoms with Crippen molar-refractivity contribution in [2.75, 3.05) is 26.8 Å². The normalized spacial score (nSPS) is 22.6. The maximum Gasteiger partial charge on any atom is 0.243 e. The van der Waals surface area contributed by atoms with Gasteiger partial charge in [-0.2, -0.15) is 0 Å². The third-order valence-electron chi connectivity index (χ3n) is 4.86. The smallest absolute Gasteiger partial charge is 0.243 e. The van der Waals surface area contributed by atoms with Gasteiger partial charge in [-0.25, -0.2) is 0 Å². The number of ether oxygens (including phenoxy) is 2. The molecular weight excluding hydrogens is 332 g/mol. The number of benzene rings is 1. The molecule has 0 spiro atoms. The van der Waals surface area contributed by atoms with Crippen LogP contribution >= 0.6 is 0 Å². The maximum atomic E-state index is 12.9. The van der Waals surface area contributed by atoms with Crippen LogP contribution in [0.15, 0.2) is 42.5 Å². The molecule has 140 valence electrons. The van der Waals surface area contributed by atoms with Gasteiger partial charge in [-0.05, 0) is 25.0 Å². The van der Waals surface area contributed by atoms with E-state index in [2.05, 4.69) is 5.32 Å². The second kappa shape index (κ2) is 8.85. The van der Waals surface area contributed by atoms with Crippen LogP contribution < -0.4 is 10.1 Å². The quantitative estimate of drug-likeness (QED) is 0.596. The Labute approximate surface area is 154 Å². The molecule has 3 rings (SSSR count). The predicted octanol–water partition coefficient (Wildman–Crippen LogP) is 1.76. The second-order valence-corrected chi connectivity index (χ2v) is 6.72. The first-order chi connectivity index (χ1) is 12.7. The average Bonchev–Trinajstić information content (AvgIpc) is 3.32. The zero-order chi connectivity index (χ0) is 18.4. The molecule has 2 atom stereocenters. The number of hydrogen-bond acceptors (Lipinski definition) is 4. The van der Waals surface area contributed by atoms with Gasteiger partial charge in [-0.15, -0.1) is 0 Å². The Morgan fingerprint density at radius 1 is 1.19 bits per heavy atom. The van der Waals surface area contributed by atoms with E-state index in [1.165, 1.54) is 0 Å². The molecule has 1 fully saturated rings. The fraction of sp³-hybridized carbons (Fsp3) is 0.500. The summed E-state index contributed by atoms with van der Waals surface area (Å²) in [5.74, 6) is 0.606. The molecule has 6 nitrogen and oxygen atoms in total. The Kier molecular flexibility index (Phi) is 6.28. The van der Waals surface area contributed by atoms with Crippen LogP contribution in [0.3, 0.4) is 0 Å². The van der Waals surface area contributed by atoms with Gasteiger partial charge in [-0.3, -0.25) is 9.59 Å². The van der Waals surface area contributed by atoms with Crippen LogP contribution in [0.5, 0.6) is 5.75 Å². The number of nitrogens with one attached hydrogen (secondary N) is 1. The third kappa shape index (κ3) is 4.43. The summed E-state index contributed by atoms with van der Waals surface area (Å²) in [6.45, 7) is 1.32. The molecule has 2 aliphatic rings. The summed E-state index contributed by atoms with van der Waals surface area (Å²) < 4.78 is 11.0. The molecule has 1 aromatic carbocycles. The van der Waals surface area contributed by atoms with Crippen LogP contribution in [0.4, 0.5) is 0 Å². The van der Waals surface area contributed by atoms with E-state index in [-0.39, 0.29) is 23.8 Å². The lowest BCUT2D eigenvalue weighted by molar-refractivity contribution is -0.141. The molecule has 26 heavy (non-hydrogen) atoms. The molecule has 0 saturated carbocycles. The van der Waals surface area contributed by atoms with Crippen LogP contribution in [-0.2, 0) is 14.3 Å². The first-order valence-electron chi connectivity index (χ1n) is 9.13. The van der Waals surface area contributed by atoms with Crippen molar-refractivity contribution in [2.24, 2.45) is 5.92 Å². The molecule has 0 radical (unpaired) electrons. The number of carbonyl (C=O) groups excluding carboxylic acids is 2. The molecule has 0 aromatic heterocycles. The predicted molar refractivity (Wildman–Crippen MR) is 97.7 cm³/mol. The third-order valence-corrected chi connectivity index (χ3v) is 4.86. The SMILES string of the molecule is COCCNC(=O)[C@@H]1C[C@H](Oc2ccccc2)CN1C(=O)C1CC=CC1. The van der Waals surface area contributed by atoms with Crippen LogP contribution in [0.25, 0.3) is 0 Å². The monoisotopic (exact) mass is 358 g/mol. The molecule has 1 saturated heterocycles. The number of nitrogens with zero attached hydrogens (tertiary/aromatic N) is 1. The Balaban J connectivity index is 1.67. The molecule has 2 amide bonds. The summed E-state index contributed by atoms with van der Waals surface area (Å²) in [6, 6.07) is 9.03. The van der Waals surface area contributed by atoms with E-state index in [9.17, 15) is 9.59 Å². The Morgan fingerprint density at radius 3 is 2.62 bits per heavy atom. The molecule has 1 aromatic rings. The van der Waals surface area contributed by atoms with E-state index >= 15 is 0 Å². The van der Waals surface area contributed by atoms with E-state index in [0.29, 0.717) is 26.1 Å². The number of para-hydroxylation sites is 1. The van der Waals surface area contributed by atoms with Gasteiger partial charge in [0.1, 0.15) is 17.9 Å². The van der Waals surface area contributed by atoms with Crippen LogP contribution in [0.1, 0.15) is 19.3 Å². The van der Waals surface area contributed by atoms with Crippen molar-refractivity contribution in [3.8, 4) is 5.75 Å². The Bertz CT molecular complexity index is 638. The number of allylic oxidation sites excluding steroid dienone is 2. The van der Waals surface area contributed by atoms with Crippen molar-refractivity contribution in [2.45, 2.75) is 31.4 Å². The minimum atomic E-state index is -0.492. The molecule has 1 aliphatic carbocycles. The molecule has 0 unspecified atom stereocenters. The number of amides is 2. The maximum absolute atomic E-state index is 12.9. The Morgan fingerprint density at radius 2 is 1.92 bits per heavy atom. The summed E-state index contributed by atoms with van der Waals surface area (Å²) in [5.41, 5.74) is 0. The van der Waals surface area contributed by atoms with E-state index in [1.807, 2.05) is 42.5 Å². The average molecular weight is 358 g/mol. The molecule has 1 N–H and O–H groups in total. The number of carbonyl (C=O) groups is 2. The number of methoxy groups -OCH3 is 1. The van der Waals surface area contributed by atoms with Gasteiger partial charge >= 0.3 is 0 Å². The van der Waals surface area contributed by atoms with Gasteiger partial charge in [0.25, 0.3) is 0 Å². The van der Waals surface area contributed by atoms with Gasteiger partial charge < -0.3 is 19.7 Å². The standard InChI is InChI=1S/C20H26N2O4/c1-25-12-11-21-19(23)18-13-17(26-16-9-3-2-4-10-16)14-22(18)20(24)15-7-5-6-8-15/h2-6,9-10,15,17-18H,7-8,11-14H2,1H3,(H,21,23)/t17-,18-/m0/s1. The first kappa shape index (κ1) is 18.5. The zero-order valence-electron chi connectivity index (χ0n) is 15.1. The van der Waals surface area contributed by atoms with Crippen molar-refractivity contribution >= 4 is 11.8 Å². The number of hydrogen-bond donors (Lipinski definition) is 1. The van der Waals surface area contributed by atoms with Crippen molar-refractivity contribution < 1.29 is 19.1 Å². The van der Waals surface area contributed by atoms with Gasteiger partial charge in [0.05, 0.1) is 13.2 Å². The molecule has 1 heterocycles. The van der Waals surface area contributed by atoms with E-state index in [1.54, 1.807) is 12.0 Å². The van der Waals surface area contributed by atoms with E-state index < -0.39 is 6.04 Å². The lowest BCUT2D eigenvalue weighted by atomic mass is 10.0. The molecule has 0 bridgehead atoms. The fourth-order valence-electron chi connectivity index (χ4n) is 3.51. The van der Waals surface area contributed by atoms with Crippen molar-refractivity contribution in [3.63, 3.8) is 0 Å². The second-order valence-electron chi connectivity index (χ2n) is 6.72. The highest BCUT2D eigenvalue weighted by Crippen LogP contribution is 2.28. The number of likely N-dealkylation sites (tertiary alicyclic amines) is 1. The highest BCUT2D eigenvalue weighted by atomic mass is 16.5. The largest absolute Gasteiger partial charge is 0.488 e. The van der Waals surface area contributed by atoms with Gasteiger partial charge in [-0.1, -0.05) is 30.4 Å². The lowest BCUT2D eigenvalue weighted by Crippen LogP contribution is -2.48. The fourth-order valence-corrected chi connectivity index (χ4v) is 3.51. The van der Waals surface area contributed by atoms with Crippen LogP contribution in [-0.4, -0.2) is 55.7 Å². The highest BCUT2D eigenvalue weighted by Gasteiger charge is 2.42. The van der Waals surface area contributed by atoms with Crippen molar-refractivity contribution in [1.29, 1.82) is 0 Å². The Hall–Kier alpha value is -2.34. The van der Waals surface area contributed by atoms with Crippen LogP contribution in [0, 0.1) is 5.92 Å². The topological polar surface area (TPSA) is 67.9 Å². The summed E-state index contributed by atoms with van der Waals surface area (Å²) >= 11 is 0. The highest BCUT2D eigenvalue weighted by molar-refractivity contribution is 5.89. The summed E-state index contributed by atoms with van der Waals surface area (Å²) in [7, 11) is 1.59. The zero-order valence-corrected chi connectivity index (χ0v) is 15.1. The minimum Gasteiger partial charge on any atom is -0.488 e. The van der Waals surface area contributed by atoms with Gasteiger partial charge in [0.15, 0.2) is 0 Å². The molecule has 6 heteroatoms. The van der Waals surface area contributed by atoms with E-state index in [4.69, 9.17) is 9.47 Å². The van der Waals surface area contributed by atoms with Crippen molar-refractivity contribution in [3.05, 3.63) is 42.5 Å². The minimum absolute atomic E-state index is 0.0426. The first-order valence-corrected chi connectivity index (χ1v) is 9.13. The summed E-state index contributed by atoms with van der Waals surface area (Å²) in [4.78, 5) is 27.2. The number of rotatable bonds is 7. The van der Waals surface area contributed by atoms with E-state index in [0.717, 1.165) is 18.6 Å². The van der Waals surface area contributed by atoms with Gasteiger partial charge in [0, 0.05) is 26.0 Å². The van der Waals surface area contributed by atoms with Crippen LogP contribution in [0.2, 0.25) is 0 Å². The molecular formula is C20H26N2O4. The molecule has 1 aliphatic heterocycles. The van der Waals surface area contributed by atoms with Gasteiger partial charge in [0.2, 0.25) is 11.8 Å². The lowest BCUT2D eigenvalue weighted by Gasteiger charge is -2.26. The summed E-state index contributed by atoms with van der Waals surface area (Å²) in [5, 5.41) is 2.86.